The third-order valence-corrected chi connectivity index (χ3v) is 15.4. The summed E-state index contributed by atoms with van der Waals surface area (Å²) in [6.07, 6.45) is 0. The molecule has 14 nitrogen and oxygen atoms in total. The largest absolute Gasteiger partial charge is 0.569 e. The van der Waals surface area contributed by atoms with E-state index in [-0.39, 0.29) is 51.0 Å². The van der Waals surface area contributed by atoms with Crippen LogP contribution in [0, 0.1) is 17.5 Å². The summed E-state index contributed by atoms with van der Waals surface area (Å²) in [5.74, 6) is 0.574. The van der Waals surface area contributed by atoms with Gasteiger partial charge in [0.25, 0.3) is 0 Å². The Labute approximate surface area is 560 Å². The maximum atomic E-state index is 13.9. The summed E-state index contributed by atoms with van der Waals surface area (Å²) in [5, 5.41) is 41.7. The van der Waals surface area contributed by atoms with E-state index in [0.29, 0.717) is 93.7 Å². The molecule has 0 amide bonds. The monoisotopic (exact) mass is 1460 g/mol. The lowest BCUT2D eigenvalue weighted by atomic mass is 10.0. The van der Waals surface area contributed by atoms with E-state index < -0.39 is 27.2 Å². The second-order valence-corrected chi connectivity index (χ2v) is 23.1. The Bertz CT molecular complexity index is 4650. The first kappa shape index (κ1) is 71.9. The number of methoxy groups -OCH3 is 4. The number of phenols is 3. The molecule has 0 spiro atoms. The normalized spacial score (nSPS) is 10.8. The smallest absolute Gasteiger partial charge is 0.532 e. The van der Waals surface area contributed by atoms with Gasteiger partial charge in [-0.1, -0.05) is 88.3 Å². The molecule has 10 aromatic carbocycles. The molecule has 0 saturated carbocycles. The van der Waals surface area contributed by atoms with Crippen molar-refractivity contribution in [1.82, 2.24) is 0 Å². The van der Waals surface area contributed by atoms with Crippen molar-refractivity contribution in [3.63, 3.8) is 0 Å². The fourth-order valence-electron chi connectivity index (χ4n) is 8.54. The zero-order valence-corrected chi connectivity index (χ0v) is 54.4. The van der Waals surface area contributed by atoms with E-state index >= 15 is 0 Å². The number of hydrogen-bond acceptors (Lipinski definition) is 14. The lowest BCUT2D eigenvalue weighted by molar-refractivity contribution is -0.0499. The minimum absolute atomic E-state index is 0.0440. The van der Waals surface area contributed by atoms with Crippen LogP contribution >= 0.6 is 73.9 Å². The molecule has 0 saturated heterocycles. The Kier molecular flexibility index (Phi) is 25.0. The van der Waals surface area contributed by atoms with E-state index in [0.717, 1.165) is 22.4 Å². The molecule has 483 valence electrons. The lowest BCUT2D eigenvalue weighted by Crippen LogP contribution is -2.28. The highest BCUT2D eigenvalue weighted by Crippen LogP contribution is 2.43. The van der Waals surface area contributed by atoms with Crippen LogP contribution in [0.25, 0.3) is 66.1 Å². The second-order valence-electron chi connectivity index (χ2n) is 18.5. The van der Waals surface area contributed by atoms with Crippen molar-refractivity contribution in [3.05, 3.63) is 229 Å². The van der Waals surface area contributed by atoms with E-state index in [9.17, 15) is 50.1 Å². The van der Waals surface area contributed by atoms with Crippen molar-refractivity contribution in [2.75, 3.05) is 28.4 Å². The minimum atomic E-state index is -5.77. The number of aromatic hydroxyl groups is 3. The van der Waals surface area contributed by atoms with Crippen LogP contribution < -0.4 is 27.8 Å². The van der Waals surface area contributed by atoms with Gasteiger partial charge in [-0.3, -0.25) is 0 Å². The van der Waals surface area contributed by atoms with Crippen molar-refractivity contribution >= 4 is 136 Å². The zero-order valence-electron chi connectivity index (χ0n) is 48.2. The summed E-state index contributed by atoms with van der Waals surface area (Å²) in [7, 11) is 0.893. The molecule has 0 aliphatic heterocycles. The maximum Gasteiger partial charge on any atom is 0.569 e. The number of benzene rings is 10. The first-order valence-corrected chi connectivity index (χ1v) is 30.3. The van der Waals surface area contributed by atoms with Gasteiger partial charge in [0, 0.05) is 47.0 Å². The number of furan rings is 2. The van der Waals surface area contributed by atoms with E-state index in [1.807, 2.05) is 6.07 Å². The topological polar surface area (TPSA) is 197 Å². The number of hydrogen-bond donors (Lipinski definition) is 4. The van der Waals surface area contributed by atoms with Crippen LogP contribution in [0.1, 0.15) is 0 Å². The molecule has 1 radical (unpaired) electrons. The standard InChI is InChI=1S/C14H12ClFO2.C13H6ClF3O4S.C12H8ClFO2.C12H7ClO2.C8H10BO4.C6H3BrClF/c1-17-12-4-3-5-13(18-2)14(12)10-8-9(15)6-7-11(10)16;14-7-4-5-9-8(6-7)12-10(20-9)2-1-3-11(12)21-22(18,19)13(15,16)17;13-7-4-5-9(14)8(6-7)12-10(15)2-1-3-11(12)16;13-7-4-5-10-8(6-7)12-9(14)2-1-3-11(12)15-10;1-11-6-4-3-5-7(12-2)8(6)13-9-10;7-5-3-4(8)1-2-6(5)9/h3-8H,1-2H3;1-6H;1-6,15-16H;1-6,14H;3-5,10H,1-2H3;1-3H. The van der Waals surface area contributed by atoms with E-state index in [1.165, 1.54) is 119 Å². The van der Waals surface area contributed by atoms with E-state index in [1.54, 1.807) is 78.9 Å². The molecule has 28 heteroatoms. The molecule has 0 atom stereocenters. The van der Waals surface area contributed by atoms with Gasteiger partial charge >= 0.3 is 23.3 Å². The molecule has 0 bridgehead atoms. The van der Waals surface area contributed by atoms with Gasteiger partial charge < -0.3 is 57.0 Å². The average Bonchev–Trinajstić information content (AvgIpc) is 1.66. The molecule has 12 aromatic rings. The molecule has 12 rings (SSSR count). The number of para-hydroxylation sites is 1. The number of phenolic OH excluding ortho intramolecular Hbond substituents is 3. The number of rotatable bonds is 10. The van der Waals surface area contributed by atoms with Gasteiger partial charge in [0.1, 0.15) is 68.5 Å². The van der Waals surface area contributed by atoms with Crippen LogP contribution in [0.4, 0.5) is 26.3 Å². The number of halogens is 12. The van der Waals surface area contributed by atoms with Gasteiger partial charge in [0.2, 0.25) is 0 Å². The maximum absolute atomic E-state index is 13.9. The zero-order chi connectivity index (χ0) is 67.9. The van der Waals surface area contributed by atoms with E-state index in [4.69, 9.17) is 95.5 Å². The summed E-state index contributed by atoms with van der Waals surface area (Å²) in [5.41, 5.74) is -2.55. The summed E-state index contributed by atoms with van der Waals surface area (Å²) >= 11 is 31.9. The molecular weight excluding hydrogens is 1420 g/mol. The minimum Gasteiger partial charge on any atom is -0.532 e. The SMILES string of the molecule is COc1cccc(OC)c1-c1cc(Cl)ccc1F.COc1cccc(OC)c1O[B]O.Fc1ccc(Cl)cc1Br.O=S(=O)(Oc1cccc2oc3ccc(Cl)cc3c12)C(F)(F)F.Oc1cccc(O)c1-c1cc(Cl)ccc1F.Oc1cccc2oc3ccc(Cl)cc3c12. The third kappa shape index (κ3) is 18.0. The Morgan fingerprint density at radius 1 is 0.452 bits per heavy atom. The van der Waals surface area contributed by atoms with E-state index in [2.05, 4.69) is 20.1 Å². The highest BCUT2D eigenvalue weighted by Gasteiger charge is 2.49. The third-order valence-electron chi connectivity index (χ3n) is 12.6. The van der Waals surface area contributed by atoms with Crippen LogP contribution in [-0.2, 0) is 10.1 Å². The van der Waals surface area contributed by atoms with Gasteiger partial charge in [0.15, 0.2) is 23.0 Å². The highest BCUT2D eigenvalue weighted by molar-refractivity contribution is 9.10. The van der Waals surface area contributed by atoms with Gasteiger partial charge in [-0.05, 0) is 168 Å². The van der Waals surface area contributed by atoms with Crippen molar-refractivity contribution in [2.45, 2.75) is 5.51 Å². The first-order chi connectivity index (χ1) is 44.2. The molecular formula is C65H46BBrCl5F6O14S. The molecule has 0 unspecified atom stereocenters. The molecule has 2 heterocycles. The van der Waals surface area contributed by atoms with Gasteiger partial charge in [0.05, 0.1) is 54.8 Å². The van der Waals surface area contributed by atoms with Gasteiger partial charge in [-0.15, -0.1) is 0 Å². The summed E-state index contributed by atoms with van der Waals surface area (Å²) < 4.78 is 141. The molecule has 0 fully saturated rings. The Balaban J connectivity index is 0.000000161. The van der Waals surface area contributed by atoms with Gasteiger partial charge in [-0.25, -0.2) is 13.2 Å². The second kappa shape index (κ2) is 32.4. The quantitative estimate of drug-likeness (QED) is 0.0332. The summed E-state index contributed by atoms with van der Waals surface area (Å²) in [6.45, 7) is 0. The highest BCUT2D eigenvalue weighted by atomic mass is 79.9. The van der Waals surface area contributed by atoms with Crippen LogP contribution in [0.5, 0.6) is 51.7 Å². The number of alkyl halides is 3. The van der Waals surface area contributed by atoms with Crippen molar-refractivity contribution in [3.8, 4) is 74.0 Å². The predicted molar refractivity (Wildman–Crippen MR) is 352 cm³/mol. The molecule has 4 N–H and O–H groups in total. The molecule has 93 heavy (non-hydrogen) atoms. The molecule has 2 aromatic heterocycles. The Morgan fingerprint density at radius 2 is 0.828 bits per heavy atom. The van der Waals surface area contributed by atoms with Crippen LogP contribution in [0.3, 0.4) is 0 Å². The summed E-state index contributed by atoms with van der Waals surface area (Å²) in [6, 6.07) is 46.3. The number of ether oxygens (including phenoxy) is 4. The molecule has 0 aliphatic rings. The average molecular weight is 1470 g/mol. The fourth-order valence-corrected chi connectivity index (χ4v) is 10.4. The fraction of sp³-hybridized carbons (Fsp3) is 0.0769. The van der Waals surface area contributed by atoms with Gasteiger partial charge in [-0.2, -0.15) is 21.6 Å². The first-order valence-electron chi connectivity index (χ1n) is 26.2. The summed E-state index contributed by atoms with van der Waals surface area (Å²) in [4.78, 5) is 0. The number of fused-ring (bicyclic) bond motifs is 6. The lowest BCUT2D eigenvalue weighted by Gasteiger charge is -2.13. The van der Waals surface area contributed by atoms with Crippen LogP contribution in [0.2, 0.25) is 25.1 Å². The predicted octanol–water partition coefficient (Wildman–Crippen LogP) is 20.0. The van der Waals surface area contributed by atoms with Crippen molar-refractivity contribution < 1.29 is 91.7 Å². The van der Waals surface area contributed by atoms with Crippen molar-refractivity contribution in [2.24, 2.45) is 0 Å². The van der Waals surface area contributed by atoms with Crippen LogP contribution in [-0.4, -0.2) is 70.4 Å². The molecule has 0 aliphatic carbocycles. The van der Waals surface area contributed by atoms with Crippen molar-refractivity contribution in [1.29, 1.82) is 0 Å². The van der Waals surface area contributed by atoms with Crippen LogP contribution in [0.15, 0.2) is 195 Å². The Hall–Kier alpha value is -8.52. The Morgan fingerprint density at radius 3 is 1.29 bits per heavy atom.